The average Bonchev–Trinajstić information content (AvgIpc) is 3.23. The molecule has 0 amide bonds. The number of H-pyrrole nitrogens is 1. The number of ether oxygens (including phenoxy) is 1. The van der Waals surface area contributed by atoms with Crippen molar-refractivity contribution in [1.29, 1.82) is 0 Å². The summed E-state index contributed by atoms with van der Waals surface area (Å²) in [5.41, 5.74) is 2.36. The highest BCUT2D eigenvalue weighted by Crippen LogP contribution is 2.16. The lowest BCUT2D eigenvalue weighted by atomic mass is 10.1. The van der Waals surface area contributed by atoms with Crippen LogP contribution in [0.3, 0.4) is 0 Å². The van der Waals surface area contributed by atoms with Crippen molar-refractivity contribution in [3.63, 3.8) is 0 Å². The first-order valence-corrected chi connectivity index (χ1v) is 10.3. The second-order valence-electron chi connectivity index (χ2n) is 7.47. The van der Waals surface area contributed by atoms with Gasteiger partial charge in [0.25, 0.3) is 5.56 Å². The molecule has 1 N–H and O–H groups in total. The Balaban J connectivity index is 1.60. The predicted octanol–water partition coefficient (Wildman–Crippen LogP) is 3.26. The first kappa shape index (κ1) is 20.3. The van der Waals surface area contributed by atoms with E-state index in [1.807, 2.05) is 60.7 Å². The molecular weight excluding hydrogens is 418 g/mol. The lowest BCUT2D eigenvalue weighted by Crippen LogP contribution is -2.10. The molecule has 3 heterocycles. The van der Waals surface area contributed by atoms with Crippen molar-refractivity contribution >= 4 is 34.1 Å². The lowest BCUT2D eigenvalue weighted by molar-refractivity contribution is 0.414. The van der Waals surface area contributed by atoms with E-state index in [0.29, 0.717) is 17.4 Å². The van der Waals surface area contributed by atoms with Crippen LogP contribution in [0.2, 0.25) is 0 Å². The normalized spacial score (nSPS) is 11.4. The van der Waals surface area contributed by atoms with Crippen molar-refractivity contribution in [3.05, 3.63) is 104 Å². The van der Waals surface area contributed by atoms with Gasteiger partial charge in [-0.2, -0.15) is 0 Å². The molecule has 0 aliphatic carbocycles. The molecule has 0 atom stereocenters. The molecule has 162 valence electrons. The van der Waals surface area contributed by atoms with Crippen LogP contribution in [0, 0.1) is 0 Å². The molecule has 0 saturated carbocycles. The molecule has 2 aromatic carbocycles. The van der Waals surface area contributed by atoms with Crippen molar-refractivity contribution in [3.8, 4) is 5.75 Å². The number of nitrogens with one attached hydrogen (secondary N) is 1. The molecule has 3 aromatic heterocycles. The fourth-order valence-corrected chi connectivity index (χ4v) is 3.64. The number of pyridine rings is 1. The van der Waals surface area contributed by atoms with E-state index in [2.05, 4.69) is 20.3 Å². The first-order chi connectivity index (χ1) is 16.1. The molecule has 8 heteroatoms. The van der Waals surface area contributed by atoms with Gasteiger partial charge in [0.2, 0.25) is 5.43 Å². The van der Waals surface area contributed by atoms with Crippen LogP contribution in [0.1, 0.15) is 16.8 Å². The lowest BCUT2D eigenvalue weighted by Gasteiger charge is -2.04. The number of nitrogens with zero attached hydrogens (tertiary/aromatic N) is 4. The Bertz CT molecular complexity index is 1600. The molecule has 0 aliphatic heterocycles. The fourth-order valence-electron chi connectivity index (χ4n) is 3.64. The van der Waals surface area contributed by atoms with E-state index in [4.69, 9.17) is 4.74 Å². The summed E-state index contributed by atoms with van der Waals surface area (Å²) in [6.07, 6.45) is 5.46. The molecule has 5 aromatic rings. The van der Waals surface area contributed by atoms with Gasteiger partial charge in [-0.15, -0.1) is 5.10 Å². The van der Waals surface area contributed by atoms with Gasteiger partial charge in [-0.1, -0.05) is 35.6 Å². The van der Waals surface area contributed by atoms with Crippen LogP contribution in [0.4, 0.5) is 0 Å². The van der Waals surface area contributed by atoms with E-state index in [-0.39, 0.29) is 16.5 Å². The maximum atomic E-state index is 13.4. The van der Waals surface area contributed by atoms with Crippen LogP contribution in [0.15, 0.2) is 76.4 Å². The zero-order valence-corrected chi connectivity index (χ0v) is 17.7. The molecule has 0 radical (unpaired) electrons. The quantitative estimate of drug-likeness (QED) is 0.453. The summed E-state index contributed by atoms with van der Waals surface area (Å²) in [4.78, 5) is 33.3. The van der Waals surface area contributed by atoms with E-state index in [9.17, 15) is 9.59 Å². The van der Waals surface area contributed by atoms with Crippen LogP contribution in [-0.4, -0.2) is 32.1 Å². The van der Waals surface area contributed by atoms with Crippen LogP contribution >= 0.6 is 0 Å². The van der Waals surface area contributed by atoms with E-state index in [1.54, 1.807) is 25.4 Å². The van der Waals surface area contributed by atoms with Crippen molar-refractivity contribution in [2.24, 2.45) is 0 Å². The fraction of sp³-hybridized carbons (Fsp3) is 0.0800. The van der Waals surface area contributed by atoms with Crippen LogP contribution in [-0.2, 0) is 6.54 Å². The highest BCUT2D eigenvalue weighted by atomic mass is 16.5. The number of hydrogen-bond donors (Lipinski definition) is 1. The minimum absolute atomic E-state index is 0.00953. The molecule has 0 saturated heterocycles. The summed E-state index contributed by atoms with van der Waals surface area (Å²) in [6, 6.07) is 18.3. The van der Waals surface area contributed by atoms with Gasteiger partial charge in [-0.25, -0.2) is 4.68 Å². The Morgan fingerprint density at radius 3 is 2.64 bits per heavy atom. The molecule has 0 unspecified atom stereocenters. The summed E-state index contributed by atoms with van der Waals surface area (Å²) >= 11 is 0. The standard InChI is InChI=1S/C25H19N5O3/c1-33-19-10-6-17(7-11-19)15-30-23-22(28-29-30)25(32)27-21-14-16(8-12-20(21)24(23)31)5-9-18-4-2-3-13-26-18/h2-14H,15H2,1H3,(H,27,32). The number of benzene rings is 2. The number of aromatic nitrogens is 5. The Hall–Kier alpha value is -4.59. The number of aromatic amines is 1. The van der Waals surface area contributed by atoms with Gasteiger partial charge in [0.1, 0.15) is 11.3 Å². The van der Waals surface area contributed by atoms with Crippen LogP contribution < -0.4 is 15.7 Å². The van der Waals surface area contributed by atoms with Gasteiger partial charge in [0.05, 0.1) is 24.9 Å². The highest BCUT2D eigenvalue weighted by Gasteiger charge is 2.14. The monoisotopic (exact) mass is 437 g/mol. The van der Waals surface area contributed by atoms with E-state index in [0.717, 1.165) is 22.6 Å². The SMILES string of the molecule is COc1ccc(Cn2nnc3c(=O)[nH]c4cc(C=Cc5ccccn5)ccc4c(=O)c32)cc1. The summed E-state index contributed by atoms with van der Waals surface area (Å²) in [7, 11) is 1.60. The summed E-state index contributed by atoms with van der Waals surface area (Å²) in [5, 5.41) is 8.44. The topological polar surface area (TPSA) is 103 Å². The Labute approximate surface area is 187 Å². The smallest absolute Gasteiger partial charge is 0.278 e. The zero-order chi connectivity index (χ0) is 22.8. The molecule has 5 rings (SSSR count). The third kappa shape index (κ3) is 4.01. The number of hydrogen-bond acceptors (Lipinski definition) is 6. The van der Waals surface area contributed by atoms with Gasteiger partial charge >= 0.3 is 0 Å². The van der Waals surface area contributed by atoms with Crippen molar-refractivity contribution in [2.45, 2.75) is 6.54 Å². The minimum atomic E-state index is -0.469. The largest absolute Gasteiger partial charge is 0.497 e. The molecular formula is C25H19N5O3. The van der Waals surface area contributed by atoms with Gasteiger partial charge in [-0.3, -0.25) is 14.6 Å². The number of fused-ring (bicyclic) bond motifs is 2. The van der Waals surface area contributed by atoms with E-state index in [1.165, 1.54) is 4.68 Å². The average molecular weight is 437 g/mol. The predicted molar refractivity (Wildman–Crippen MR) is 127 cm³/mol. The van der Waals surface area contributed by atoms with Crippen molar-refractivity contribution in [1.82, 2.24) is 25.0 Å². The first-order valence-electron chi connectivity index (χ1n) is 10.3. The van der Waals surface area contributed by atoms with E-state index >= 15 is 0 Å². The summed E-state index contributed by atoms with van der Waals surface area (Å²) < 4.78 is 6.64. The minimum Gasteiger partial charge on any atom is -0.497 e. The zero-order valence-electron chi connectivity index (χ0n) is 17.7. The number of methoxy groups -OCH3 is 1. The van der Waals surface area contributed by atoms with E-state index < -0.39 is 5.56 Å². The Morgan fingerprint density at radius 2 is 1.88 bits per heavy atom. The summed E-state index contributed by atoms with van der Waals surface area (Å²) in [5.74, 6) is 0.730. The second kappa shape index (κ2) is 8.51. The molecule has 8 nitrogen and oxygen atoms in total. The molecule has 0 fully saturated rings. The third-order valence-corrected chi connectivity index (χ3v) is 5.33. The molecule has 0 bridgehead atoms. The molecule has 33 heavy (non-hydrogen) atoms. The number of rotatable bonds is 5. The van der Waals surface area contributed by atoms with Gasteiger partial charge in [0, 0.05) is 11.6 Å². The molecule has 0 spiro atoms. The van der Waals surface area contributed by atoms with Gasteiger partial charge < -0.3 is 9.72 Å². The Morgan fingerprint density at radius 1 is 1.03 bits per heavy atom. The maximum absolute atomic E-state index is 13.4. The maximum Gasteiger partial charge on any atom is 0.278 e. The Kier molecular flexibility index (Phi) is 5.24. The van der Waals surface area contributed by atoms with Gasteiger partial charge in [0.15, 0.2) is 5.52 Å². The van der Waals surface area contributed by atoms with Crippen LogP contribution in [0.5, 0.6) is 5.75 Å². The molecule has 0 aliphatic rings. The second-order valence-corrected chi connectivity index (χ2v) is 7.47. The highest BCUT2D eigenvalue weighted by molar-refractivity contribution is 5.88. The van der Waals surface area contributed by atoms with Gasteiger partial charge in [-0.05, 0) is 53.6 Å². The third-order valence-electron chi connectivity index (χ3n) is 5.33. The summed E-state index contributed by atoms with van der Waals surface area (Å²) in [6.45, 7) is 0.297. The van der Waals surface area contributed by atoms with Crippen molar-refractivity contribution < 1.29 is 4.74 Å². The van der Waals surface area contributed by atoms with Crippen LogP contribution in [0.25, 0.3) is 34.1 Å². The van der Waals surface area contributed by atoms with Crippen molar-refractivity contribution in [2.75, 3.05) is 7.11 Å².